The average molecular weight is 1840 g/mol. The van der Waals surface area contributed by atoms with Crippen molar-refractivity contribution in [1.82, 2.24) is 38.2 Å². The van der Waals surface area contributed by atoms with Gasteiger partial charge in [0.1, 0.15) is 98.2 Å². The second-order valence-electron chi connectivity index (χ2n) is 28.9. The summed E-state index contributed by atoms with van der Waals surface area (Å²) in [4.78, 5) is 100. The number of phosphoric acid groups is 4. The van der Waals surface area contributed by atoms with E-state index in [4.69, 9.17) is 81.5 Å². The summed E-state index contributed by atoms with van der Waals surface area (Å²) in [6.45, 7) is 3.30. The summed E-state index contributed by atoms with van der Waals surface area (Å²) < 4.78 is 245. The Balaban J connectivity index is 0.000000148. The van der Waals surface area contributed by atoms with Gasteiger partial charge < -0.3 is 77.9 Å². The molecule has 8 aromatic rings. The van der Waals surface area contributed by atoms with Crippen molar-refractivity contribution in [3.05, 3.63) is 248 Å². The van der Waals surface area contributed by atoms with Gasteiger partial charge in [-0.3, -0.25) is 93.6 Å². The number of hydrogen-bond donors (Lipinski definition) is 12. The maximum atomic E-state index is 15.8. The molecule has 4 saturated heterocycles. The average Bonchev–Trinajstić information content (AvgIpc) is 1.55. The number of nitrogens with zero attached hydrogens (tertiary/aromatic N) is 4. The molecule has 52 heteroatoms. The van der Waals surface area contributed by atoms with Crippen molar-refractivity contribution >= 4 is 31.3 Å². The van der Waals surface area contributed by atoms with Gasteiger partial charge in [-0.05, 0) is 77.6 Å². The van der Waals surface area contributed by atoms with Gasteiger partial charge in [-0.1, -0.05) is 70.8 Å². The zero-order valence-electron chi connectivity index (χ0n) is 71.4. The number of aromatic nitrogens is 8. The zero-order valence-corrected chi connectivity index (χ0v) is 68.9. The molecule has 0 spiro atoms. The molecule has 4 aromatic carbocycles. The van der Waals surface area contributed by atoms with E-state index in [1.54, 1.807) is 88.1 Å². The molecule has 0 radical (unpaired) electrons. The number of halogens is 4. The molecule has 0 aliphatic carbocycles. The molecule has 44 nitrogen and oxygen atoms in total. The van der Waals surface area contributed by atoms with E-state index in [2.05, 4.69) is 0 Å². The summed E-state index contributed by atoms with van der Waals surface area (Å²) in [6.07, 6.45) is -25.1. The predicted molar refractivity (Wildman–Crippen MR) is 409 cm³/mol. The number of aliphatic hydroxyl groups is 8. The molecule has 4 fully saturated rings. The van der Waals surface area contributed by atoms with Gasteiger partial charge in [-0.2, -0.15) is 0 Å². The van der Waals surface area contributed by atoms with Crippen LogP contribution in [-0.4, -0.2) is 178 Å². The SMILES string of the molecule is Cc1cc(C)c2c(c1)COP(=O)(OC[C@@]1(F)O[C@@H](n3ccc(=O)[nH]c3=O)[C@H](O)[C@@H]1O)O2.[2H]C([2H])(OP1(=O)OCc2cc(C)cc(C)c2O1)[C@@]1(F)O[C@@H](n2ccc(=O)[nH]c2=O)[C@H](O)[C@@H]1O.[2H]C([2H])(OP1(=O)OCc2cc(C)cc(C)c2O1)[C@@]1(F)O[C@@]([2H])(n2ccc(=O)[nH]c2=O)[C@H](O)[C@@H]1O.[2H][C@@]1(n2ccc(=O)[nH]c2=O)O[C@](F)(COP2(=O)OCc3cc(C)cc(C)c3O2)[C@@H](O)[C@H]1O. The van der Waals surface area contributed by atoms with Crippen LogP contribution in [0.4, 0.5) is 17.6 Å². The molecule has 12 heterocycles. The number of benzene rings is 4. The van der Waals surface area contributed by atoms with Gasteiger partial charge in [0.15, 0.2) is 24.9 Å². The minimum atomic E-state index is -4.85. The van der Waals surface area contributed by atoms with Crippen LogP contribution in [0.1, 0.15) is 99.8 Å². The molecule has 0 amide bonds. The van der Waals surface area contributed by atoms with E-state index in [0.717, 1.165) is 65.1 Å². The number of aromatic amines is 4. The van der Waals surface area contributed by atoms with Gasteiger partial charge in [0, 0.05) is 71.3 Å². The van der Waals surface area contributed by atoms with Gasteiger partial charge in [-0.25, -0.2) is 55.0 Å². The number of rotatable bonds is 16. The van der Waals surface area contributed by atoms with Gasteiger partial charge in [-0.15, -0.1) is 0 Å². The van der Waals surface area contributed by atoms with Crippen LogP contribution in [0.3, 0.4) is 0 Å². The molecule has 4 unspecified atom stereocenters. The van der Waals surface area contributed by atoms with Gasteiger partial charge in [0.05, 0.1) is 34.7 Å². The summed E-state index contributed by atoms with van der Waals surface area (Å²) >= 11 is 0. The Morgan fingerprint density at radius 1 is 0.379 bits per heavy atom. The molecular formula is C72H80F4N8O36P4. The van der Waals surface area contributed by atoms with Gasteiger partial charge >= 0.3 is 54.0 Å². The van der Waals surface area contributed by atoms with Crippen LogP contribution < -0.4 is 63.1 Å². The van der Waals surface area contributed by atoms with Crippen LogP contribution in [0.5, 0.6) is 23.0 Å². The monoisotopic (exact) mass is 1840 g/mol. The summed E-state index contributed by atoms with van der Waals surface area (Å²) in [5.41, 5.74) is 0.499. The van der Waals surface area contributed by atoms with E-state index >= 15 is 17.6 Å². The van der Waals surface area contributed by atoms with Crippen LogP contribution >= 0.6 is 31.3 Å². The molecule has 124 heavy (non-hydrogen) atoms. The van der Waals surface area contributed by atoms with E-state index in [-0.39, 0.29) is 48.2 Å². The number of aryl methyl sites for hydroxylation is 8. The highest BCUT2D eigenvalue weighted by Crippen LogP contribution is 2.61. The molecule has 12 N–H and O–H groups in total. The van der Waals surface area contributed by atoms with E-state index in [1.165, 1.54) is 0 Å². The summed E-state index contributed by atoms with van der Waals surface area (Å²) in [5, 5.41) is 81.9. The summed E-state index contributed by atoms with van der Waals surface area (Å²) in [7, 11) is -18.2. The molecule has 16 rings (SSSR count). The first-order valence-electron chi connectivity index (χ1n) is 39.4. The number of alkyl halides is 4. The number of aliphatic hydroxyl groups excluding tert-OH is 8. The normalized spacial score (nSPS) is 34.6. The fourth-order valence-corrected chi connectivity index (χ4v) is 18.4. The lowest BCUT2D eigenvalue weighted by atomic mass is 10.1. The van der Waals surface area contributed by atoms with Crippen molar-refractivity contribution in [1.29, 1.82) is 0 Å². The molecule has 4 aromatic heterocycles. The third-order valence-electron chi connectivity index (χ3n) is 19.2. The number of fused-ring (bicyclic) bond motifs is 4. The fourth-order valence-electron chi connectivity index (χ4n) is 13.4. The molecule has 0 saturated carbocycles. The summed E-state index contributed by atoms with van der Waals surface area (Å²) in [6, 6.07) is 17.3. The first-order chi connectivity index (χ1) is 60.3. The lowest BCUT2D eigenvalue weighted by Crippen LogP contribution is -2.43. The third kappa shape index (κ3) is 19.2. The third-order valence-corrected chi connectivity index (χ3v) is 24.2. The molecule has 8 aliphatic heterocycles. The zero-order chi connectivity index (χ0) is 95.6. The Hall–Kier alpha value is -9.36. The topological polar surface area (TPSA) is 597 Å². The van der Waals surface area contributed by atoms with Crippen LogP contribution in [-0.2, 0) is 99.8 Å². The van der Waals surface area contributed by atoms with Crippen LogP contribution in [0.25, 0.3) is 0 Å². The van der Waals surface area contributed by atoms with Crippen molar-refractivity contribution in [2.24, 2.45) is 0 Å². The smallest absolute Gasteiger partial charge is 0.403 e. The molecular weight excluding hydrogens is 1750 g/mol. The van der Waals surface area contributed by atoms with E-state index in [0.29, 0.717) is 70.2 Å². The Morgan fingerprint density at radius 2 is 0.621 bits per heavy atom. The predicted octanol–water partition coefficient (Wildman–Crippen LogP) is 3.21. The second-order valence-corrected chi connectivity index (χ2v) is 35.1. The highest BCUT2D eigenvalue weighted by molar-refractivity contribution is 7.49. The van der Waals surface area contributed by atoms with Crippen molar-refractivity contribution in [2.75, 3.05) is 26.3 Å². The maximum absolute atomic E-state index is 15.8. The quantitative estimate of drug-likeness (QED) is 0.0488. The van der Waals surface area contributed by atoms with Gasteiger partial charge in [0.25, 0.3) is 45.7 Å². The largest absolute Gasteiger partial charge is 0.530 e. The van der Waals surface area contributed by atoms with E-state index < -0.39 is 200 Å². The van der Waals surface area contributed by atoms with E-state index in [9.17, 15) is 97.5 Å². The highest BCUT2D eigenvalue weighted by Gasteiger charge is 2.62. The molecule has 8 aliphatic rings. The summed E-state index contributed by atoms with van der Waals surface area (Å²) in [5.74, 6) is -13.5. The molecule has 20 atom stereocenters. The first kappa shape index (κ1) is 84.1. The van der Waals surface area contributed by atoms with Crippen molar-refractivity contribution in [2.45, 2.75) is 179 Å². The van der Waals surface area contributed by atoms with Crippen molar-refractivity contribution in [3.63, 3.8) is 0 Å². The molecule has 0 bridgehead atoms. The number of hydrogen-bond acceptors (Lipinski definition) is 36. The van der Waals surface area contributed by atoms with Crippen molar-refractivity contribution < 1.29 is 158 Å². The second kappa shape index (κ2) is 35.1. The van der Waals surface area contributed by atoms with Gasteiger partial charge in [0.2, 0.25) is 0 Å². The lowest BCUT2D eigenvalue weighted by Gasteiger charge is -2.29. The highest BCUT2D eigenvalue weighted by atomic mass is 31.2. The first-order valence-corrected chi connectivity index (χ1v) is 42.2. The number of H-pyrrole nitrogens is 4. The Kier molecular flexibility index (Phi) is 23.8. The fraction of sp³-hybridized carbons (Fsp3) is 0.444. The number of phosphoric ester groups is 4. The Bertz CT molecular complexity index is 6540. The van der Waals surface area contributed by atoms with Crippen LogP contribution in [0.2, 0.25) is 0 Å². The number of ether oxygens (including phenoxy) is 4. The Morgan fingerprint density at radius 3 is 0.927 bits per heavy atom. The van der Waals surface area contributed by atoms with Crippen molar-refractivity contribution in [3.8, 4) is 23.0 Å². The maximum Gasteiger partial charge on any atom is 0.530 e. The van der Waals surface area contributed by atoms with Crippen LogP contribution in [0.15, 0.2) is 136 Å². The lowest BCUT2D eigenvalue weighted by molar-refractivity contribution is -0.205. The van der Waals surface area contributed by atoms with E-state index in [1.807, 2.05) is 35.7 Å². The minimum absolute atomic E-state index is 0.0754. The minimum Gasteiger partial charge on any atom is -0.403 e. The molecule has 672 valence electrons. The van der Waals surface area contributed by atoms with Crippen LogP contribution in [0, 0.1) is 55.4 Å². The Labute approximate surface area is 701 Å². The number of nitrogens with one attached hydrogen (secondary N) is 4. The standard InChI is InChI=1S/4C18H20FN2O9P/c4*1-9-5-10(2)14-11(6-9)7-27-31(26,30-14)28-8-18(19)15(24)13(23)16(29-18)21-4-3-12(22)20-17(21)25/h4*3-6,13,15-16,23-24H,7-8H2,1-2H3,(H,20,22,25)/t4*13-,15+,16-,18-,31?/m1111/s1/i8D2,16D;16D;8D2;.